The van der Waals surface area contributed by atoms with E-state index in [2.05, 4.69) is 20.0 Å². The predicted molar refractivity (Wildman–Crippen MR) is 114 cm³/mol. The molecule has 1 aromatic carbocycles. The van der Waals surface area contributed by atoms with Gasteiger partial charge in [-0.2, -0.15) is 0 Å². The number of nitrogens with zero attached hydrogens (tertiary/aromatic N) is 2. The SMILES string of the molecule is C[C@@H](Nc1cc(NS(=O)(=O)C2CCC2)nc(SCc2cccc(F)c2F)n1)[C@@H](O)CO. The van der Waals surface area contributed by atoms with E-state index in [-0.39, 0.29) is 28.1 Å². The molecule has 0 spiro atoms. The first kappa shape index (κ1) is 23.6. The van der Waals surface area contributed by atoms with Gasteiger partial charge in [0, 0.05) is 17.4 Å². The van der Waals surface area contributed by atoms with Gasteiger partial charge in [-0.3, -0.25) is 4.72 Å². The van der Waals surface area contributed by atoms with Crippen molar-refractivity contribution in [1.29, 1.82) is 0 Å². The molecule has 0 aliphatic heterocycles. The van der Waals surface area contributed by atoms with Crippen molar-refractivity contribution in [2.75, 3.05) is 16.6 Å². The zero-order valence-electron chi connectivity index (χ0n) is 16.8. The van der Waals surface area contributed by atoms with E-state index >= 15 is 0 Å². The Morgan fingerprint density at radius 2 is 1.97 bits per heavy atom. The molecule has 1 fully saturated rings. The van der Waals surface area contributed by atoms with Gasteiger partial charge in [-0.05, 0) is 25.8 Å². The maximum Gasteiger partial charge on any atom is 0.236 e. The largest absolute Gasteiger partial charge is 0.394 e. The van der Waals surface area contributed by atoms with Gasteiger partial charge >= 0.3 is 0 Å². The number of hydrogen-bond acceptors (Lipinski definition) is 8. The normalized spacial score (nSPS) is 16.4. The zero-order valence-corrected chi connectivity index (χ0v) is 18.4. The maximum atomic E-state index is 13.9. The predicted octanol–water partition coefficient (Wildman–Crippen LogP) is 2.49. The molecule has 0 unspecified atom stereocenters. The summed E-state index contributed by atoms with van der Waals surface area (Å²) in [7, 11) is -3.62. The summed E-state index contributed by atoms with van der Waals surface area (Å²) in [6, 6.07) is 4.64. The molecule has 4 N–H and O–H groups in total. The van der Waals surface area contributed by atoms with Crippen LogP contribution >= 0.6 is 11.8 Å². The zero-order chi connectivity index (χ0) is 22.6. The van der Waals surface area contributed by atoms with Crippen LogP contribution in [0, 0.1) is 11.6 Å². The Hall–Kier alpha value is -2.02. The molecule has 3 rings (SSSR count). The second kappa shape index (κ2) is 10.1. The van der Waals surface area contributed by atoms with E-state index in [1.54, 1.807) is 6.92 Å². The fourth-order valence-electron chi connectivity index (χ4n) is 2.82. The van der Waals surface area contributed by atoms with Gasteiger partial charge in [0.1, 0.15) is 11.6 Å². The number of hydrogen-bond donors (Lipinski definition) is 4. The van der Waals surface area contributed by atoms with Gasteiger partial charge in [0.05, 0.1) is 24.0 Å². The van der Waals surface area contributed by atoms with Crippen molar-refractivity contribution in [1.82, 2.24) is 9.97 Å². The first-order valence-corrected chi connectivity index (χ1v) is 12.2. The molecule has 0 radical (unpaired) electrons. The summed E-state index contributed by atoms with van der Waals surface area (Å²) in [5.41, 5.74) is 0.118. The summed E-state index contributed by atoms with van der Waals surface area (Å²) in [5.74, 6) is -1.66. The van der Waals surface area contributed by atoms with Crippen molar-refractivity contribution in [3.8, 4) is 0 Å². The van der Waals surface area contributed by atoms with Gasteiger partial charge in [0.25, 0.3) is 0 Å². The number of sulfonamides is 1. The second-order valence-corrected chi connectivity index (χ2v) is 10.2. The highest BCUT2D eigenvalue weighted by Crippen LogP contribution is 2.29. The molecule has 1 aliphatic carbocycles. The van der Waals surface area contributed by atoms with Gasteiger partial charge in [-0.1, -0.05) is 30.3 Å². The standard InChI is InChI=1S/C19H24F2N4O4S2/c1-11(15(27)9-26)22-16-8-17(25-31(28,29)13-5-3-6-13)24-19(23-16)30-10-12-4-2-7-14(20)18(12)21/h2,4,7-8,11,13,15,26-27H,3,5-6,9-10H2,1H3,(H2,22,23,24,25)/t11-,15+/m1/s1. The van der Waals surface area contributed by atoms with Crippen LogP contribution in [0.2, 0.25) is 0 Å². The van der Waals surface area contributed by atoms with E-state index in [9.17, 15) is 22.3 Å². The summed E-state index contributed by atoms with van der Waals surface area (Å²) >= 11 is 1.00. The Balaban J connectivity index is 1.83. The molecular weight excluding hydrogens is 450 g/mol. The van der Waals surface area contributed by atoms with E-state index in [0.29, 0.717) is 12.8 Å². The van der Waals surface area contributed by atoms with Gasteiger partial charge in [-0.15, -0.1) is 0 Å². The van der Waals surface area contributed by atoms with Gasteiger partial charge in [0.2, 0.25) is 10.0 Å². The van der Waals surface area contributed by atoms with E-state index < -0.39 is 45.7 Å². The van der Waals surface area contributed by atoms with Crippen LogP contribution in [0.1, 0.15) is 31.7 Å². The molecule has 2 atom stereocenters. The third kappa shape index (κ3) is 6.03. The van der Waals surface area contributed by atoms with E-state index in [0.717, 1.165) is 24.2 Å². The molecule has 0 bridgehead atoms. The number of nitrogens with one attached hydrogen (secondary N) is 2. The fraction of sp³-hybridized carbons (Fsp3) is 0.474. The number of halogens is 2. The van der Waals surface area contributed by atoms with Crippen molar-refractivity contribution >= 4 is 33.4 Å². The number of aliphatic hydroxyl groups excluding tert-OH is 2. The lowest BCUT2D eigenvalue weighted by Gasteiger charge is -2.25. The molecule has 0 saturated heterocycles. The first-order valence-electron chi connectivity index (χ1n) is 9.71. The molecule has 1 aromatic heterocycles. The van der Waals surface area contributed by atoms with Crippen LogP contribution in [0.5, 0.6) is 0 Å². The van der Waals surface area contributed by atoms with Gasteiger partial charge in [-0.25, -0.2) is 27.2 Å². The van der Waals surface area contributed by atoms with Crippen molar-refractivity contribution in [2.45, 2.75) is 54.5 Å². The van der Waals surface area contributed by atoms with Crippen LogP contribution in [-0.4, -0.2) is 52.6 Å². The number of rotatable bonds is 10. The Morgan fingerprint density at radius 3 is 2.61 bits per heavy atom. The average Bonchev–Trinajstić information content (AvgIpc) is 2.66. The van der Waals surface area contributed by atoms with Gasteiger partial charge in [0.15, 0.2) is 16.8 Å². The molecule has 170 valence electrons. The van der Waals surface area contributed by atoms with Crippen LogP contribution in [0.3, 0.4) is 0 Å². The molecule has 1 saturated carbocycles. The summed E-state index contributed by atoms with van der Waals surface area (Å²) in [6.07, 6.45) is 0.929. The lowest BCUT2D eigenvalue weighted by Crippen LogP contribution is -2.34. The molecule has 31 heavy (non-hydrogen) atoms. The number of aliphatic hydroxyl groups is 2. The topological polar surface area (TPSA) is 124 Å². The third-order valence-electron chi connectivity index (χ3n) is 4.97. The minimum atomic E-state index is -3.62. The molecule has 1 heterocycles. The summed E-state index contributed by atoms with van der Waals surface area (Å²) in [5, 5.41) is 21.4. The smallest absolute Gasteiger partial charge is 0.236 e. The molecule has 12 heteroatoms. The molecule has 8 nitrogen and oxygen atoms in total. The van der Waals surface area contributed by atoms with Crippen molar-refractivity contribution in [3.05, 3.63) is 41.5 Å². The quantitative estimate of drug-likeness (QED) is 0.306. The van der Waals surface area contributed by atoms with Crippen LogP contribution in [0.4, 0.5) is 20.4 Å². The van der Waals surface area contributed by atoms with E-state index in [4.69, 9.17) is 5.11 Å². The van der Waals surface area contributed by atoms with Crippen LogP contribution in [0.15, 0.2) is 29.4 Å². The van der Waals surface area contributed by atoms with E-state index in [1.165, 1.54) is 18.2 Å². The Kier molecular flexibility index (Phi) is 7.68. The maximum absolute atomic E-state index is 13.9. The number of thioether (sulfide) groups is 1. The lowest BCUT2D eigenvalue weighted by molar-refractivity contribution is 0.0837. The van der Waals surface area contributed by atoms with E-state index in [1.807, 2.05) is 0 Å². The van der Waals surface area contributed by atoms with Crippen LogP contribution in [-0.2, 0) is 15.8 Å². The fourth-order valence-corrected chi connectivity index (χ4v) is 5.17. The average molecular weight is 475 g/mol. The van der Waals surface area contributed by atoms with Gasteiger partial charge < -0.3 is 15.5 Å². The summed E-state index contributed by atoms with van der Waals surface area (Å²) in [6.45, 7) is 1.15. The van der Waals surface area contributed by atoms with Crippen LogP contribution < -0.4 is 10.0 Å². The van der Waals surface area contributed by atoms with Crippen molar-refractivity contribution < 1.29 is 27.4 Å². The highest BCUT2D eigenvalue weighted by Gasteiger charge is 2.31. The van der Waals surface area contributed by atoms with Crippen molar-refractivity contribution in [2.24, 2.45) is 0 Å². The summed E-state index contributed by atoms with van der Waals surface area (Å²) in [4.78, 5) is 8.46. The minimum Gasteiger partial charge on any atom is -0.394 e. The molecular formula is C19H24F2N4O4S2. The monoisotopic (exact) mass is 474 g/mol. The number of aromatic nitrogens is 2. The lowest BCUT2D eigenvalue weighted by atomic mass is 10.0. The molecule has 1 aliphatic rings. The molecule has 2 aromatic rings. The third-order valence-corrected chi connectivity index (χ3v) is 7.71. The highest BCUT2D eigenvalue weighted by atomic mass is 32.2. The van der Waals surface area contributed by atoms with Crippen LogP contribution in [0.25, 0.3) is 0 Å². The first-order chi connectivity index (χ1) is 14.7. The Morgan fingerprint density at radius 1 is 1.26 bits per heavy atom. The summed E-state index contributed by atoms with van der Waals surface area (Å²) < 4.78 is 54.8. The molecule has 0 amide bonds. The highest BCUT2D eigenvalue weighted by molar-refractivity contribution is 7.98. The minimum absolute atomic E-state index is 0.0245. The van der Waals surface area contributed by atoms with Crippen molar-refractivity contribution in [3.63, 3.8) is 0 Å². The second-order valence-electron chi connectivity index (χ2n) is 7.31. The number of anilines is 2. The number of benzene rings is 1. The Labute approximate surface area is 183 Å². The Bertz CT molecular complexity index is 1020.